The Morgan fingerprint density at radius 3 is 1.86 bits per heavy atom. The summed E-state index contributed by atoms with van der Waals surface area (Å²) in [6.07, 6.45) is -2.48. The summed E-state index contributed by atoms with van der Waals surface area (Å²) in [5.41, 5.74) is 0. The normalized spacial score (nSPS) is 17.5. The van der Waals surface area contributed by atoms with E-state index in [4.69, 9.17) is 0 Å². The Hall–Kier alpha value is -0.0300. The lowest BCUT2D eigenvalue weighted by Gasteiger charge is -2.25. The van der Waals surface area contributed by atoms with Crippen molar-refractivity contribution >= 4 is 11.0 Å². The summed E-state index contributed by atoms with van der Waals surface area (Å²) < 4.78 is 38.5. The minimum atomic E-state index is -2.48. The van der Waals surface area contributed by atoms with Gasteiger partial charge in [-0.05, 0) is 26.7 Å². The van der Waals surface area contributed by atoms with E-state index in [2.05, 4.69) is 4.72 Å². The molecule has 0 bridgehead atoms. The Bertz CT molecular complexity index is 193. The number of hydrogen-bond donors (Lipinski definition) is 1. The van der Waals surface area contributed by atoms with Crippen LogP contribution >= 0.6 is 0 Å². The first-order valence-corrected chi connectivity index (χ1v) is 5.77. The first kappa shape index (κ1) is 14.0. The van der Waals surface area contributed by atoms with E-state index in [-0.39, 0.29) is 5.92 Å². The van der Waals surface area contributed by atoms with Crippen molar-refractivity contribution in [3.05, 3.63) is 0 Å². The fraction of sp³-hybridized carbons (Fsp3) is 1.00. The summed E-state index contributed by atoms with van der Waals surface area (Å²) in [7, 11) is -1.44. The molecule has 0 rings (SSSR count). The third kappa shape index (κ3) is 4.46. The van der Waals surface area contributed by atoms with Crippen molar-refractivity contribution in [2.24, 2.45) is 5.92 Å². The van der Waals surface area contributed by atoms with Gasteiger partial charge in [-0.15, -0.1) is 0 Å². The molecule has 0 saturated heterocycles. The van der Waals surface area contributed by atoms with Crippen LogP contribution in [0.15, 0.2) is 0 Å². The summed E-state index contributed by atoms with van der Waals surface area (Å²) >= 11 is 0. The zero-order chi connectivity index (χ0) is 11.5. The Kier molecular flexibility index (Phi) is 5.15. The van der Waals surface area contributed by atoms with E-state index in [1.807, 2.05) is 0 Å². The Morgan fingerprint density at radius 2 is 1.64 bits per heavy atom. The highest BCUT2D eigenvalue weighted by Gasteiger charge is 2.29. The maximum absolute atomic E-state index is 12.5. The van der Waals surface area contributed by atoms with Crippen LogP contribution < -0.4 is 4.72 Å². The monoisotopic (exact) mass is 227 g/mol. The number of halogens is 2. The van der Waals surface area contributed by atoms with Crippen LogP contribution in [0.4, 0.5) is 8.78 Å². The highest BCUT2D eigenvalue weighted by atomic mass is 32.2. The van der Waals surface area contributed by atoms with Crippen LogP contribution in [0.5, 0.6) is 0 Å². The fourth-order valence-corrected chi connectivity index (χ4v) is 1.75. The second kappa shape index (κ2) is 5.16. The minimum Gasteiger partial charge on any atom is -0.242 e. The quantitative estimate of drug-likeness (QED) is 0.784. The first-order valence-electron chi connectivity index (χ1n) is 4.62. The van der Waals surface area contributed by atoms with E-state index in [0.29, 0.717) is 0 Å². The molecular formula is C9H19F2NOS. The van der Waals surface area contributed by atoms with E-state index in [0.717, 1.165) is 0 Å². The third-order valence-corrected chi connectivity index (χ3v) is 3.39. The van der Waals surface area contributed by atoms with Crippen molar-refractivity contribution in [1.29, 1.82) is 0 Å². The summed E-state index contributed by atoms with van der Waals surface area (Å²) in [4.78, 5) is 0. The van der Waals surface area contributed by atoms with Crippen LogP contribution in [-0.4, -0.2) is 21.4 Å². The Labute approximate surface area is 87.0 Å². The van der Waals surface area contributed by atoms with Gasteiger partial charge in [0.25, 0.3) is 6.43 Å². The molecule has 0 saturated carbocycles. The number of hydrogen-bond acceptors (Lipinski definition) is 1. The molecule has 5 heteroatoms. The molecule has 0 aliphatic rings. The molecule has 86 valence electrons. The molecule has 0 unspecified atom stereocenters. The fourth-order valence-electron chi connectivity index (χ4n) is 0.779. The lowest BCUT2D eigenvalue weighted by molar-refractivity contribution is 0.0886. The van der Waals surface area contributed by atoms with Gasteiger partial charge in [0.2, 0.25) is 0 Å². The molecule has 14 heavy (non-hydrogen) atoms. The van der Waals surface area contributed by atoms with Gasteiger partial charge >= 0.3 is 0 Å². The molecule has 0 fully saturated rings. The molecule has 0 amide bonds. The molecule has 0 aliphatic carbocycles. The summed E-state index contributed by atoms with van der Waals surface area (Å²) in [6.45, 7) is 8.62. The highest BCUT2D eigenvalue weighted by Crippen LogP contribution is 2.15. The van der Waals surface area contributed by atoms with E-state index in [1.165, 1.54) is 0 Å². The van der Waals surface area contributed by atoms with E-state index in [9.17, 15) is 13.0 Å². The molecule has 0 aromatic carbocycles. The van der Waals surface area contributed by atoms with Gasteiger partial charge in [-0.25, -0.2) is 17.7 Å². The molecule has 0 aromatic heterocycles. The third-order valence-electron chi connectivity index (χ3n) is 1.79. The minimum absolute atomic E-state index is 0.235. The van der Waals surface area contributed by atoms with Crippen molar-refractivity contribution in [1.82, 2.24) is 4.72 Å². The second-order valence-electron chi connectivity index (χ2n) is 4.60. The van der Waals surface area contributed by atoms with Crippen molar-refractivity contribution < 1.29 is 13.0 Å². The van der Waals surface area contributed by atoms with Crippen LogP contribution in [0.1, 0.15) is 34.6 Å². The van der Waals surface area contributed by atoms with E-state index in [1.54, 1.807) is 34.6 Å². The zero-order valence-electron chi connectivity index (χ0n) is 9.30. The molecule has 0 radical (unpaired) electrons. The van der Waals surface area contributed by atoms with Crippen LogP contribution in [-0.2, 0) is 11.0 Å². The zero-order valence-corrected chi connectivity index (χ0v) is 10.1. The van der Waals surface area contributed by atoms with Crippen LogP contribution in [0.3, 0.4) is 0 Å². The largest absolute Gasteiger partial charge is 0.254 e. The van der Waals surface area contributed by atoms with Gasteiger partial charge < -0.3 is 0 Å². The number of rotatable bonds is 4. The van der Waals surface area contributed by atoms with Gasteiger partial charge in [0.05, 0.1) is 21.8 Å². The lowest BCUT2D eigenvalue weighted by Crippen LogP contribution is -2.46. The maximum atomic E-state index is 12.5. The summed E-state index contributed by atoms with van der Waals surface area (Å²) in [5, 5.41) is 0. The Morgan fingerprint density at radius 1 is 1.21 bits per heavy atom. The van der Waals surface area contributed by atoms with Crippen molar-refractivity contribution in [3.63, 3.8) is 0 Å². The Balaban J connectivity index is 4.40. The van der Waals surface area contributed by atoms with Gasteiger partial charge in [-0.1, -0.05) is 13.8 Å². The highest BCUT2D eigenvalue weighted by molar-refractivity contribution is 7.84. The van der Waals surface area contributed by atoms with Gasteiger partial charge in [-0.3, -0.25) is 0 Å². The number of alkyl halides is 2. The first-order chi connectivity index (χ1) is 6.16. The maximum Gasteiger partial charge on any atom is 0.254 e. The summed E-state index contributed by atoms with van der Waals surface area (Å²) in [5.74, 6) is -0.235. The lowest BCUT2D eigenvalue weighted by atomic mass is 10.1. The average Bonchev–Trinajstić information content (AvgIpc) is 1.96. The van der Waals surface area contributed by atoms with Crippen molar-refractivity contribution in [3.8, 4) is 0 Å². The number of nitrogens with one attached hydrogen (secondary N) is 1. The topological polar surface area (TPSA) is 29.1 Å². The molecule has 2 atom stereocenters. The van der Waals surface area contributed by atoms with Gasteiger partial charge in [0.15, 0.2) is 0 Å². The van der Waals surface area contributed by atoms with Crippen LogP contribution in [0.25, 0.3) is 0 Å². The van der Waals surface area contributed by atoms with Crippen molar-refractivity contribution in [2.45, 2.75) is 51.8 Å². The summed E-state index contributed by atoms with van der Waals surface area (Å²) in [6, 6.07) is -1.00. The van der Waals surface area contributed by atoms with Gasteiger partial charge in [-0.2, -0.15) is 0 Å². The SMILES string of the molecule is CC(C)[C@@H](N[S@@](=O)C(C)(C)C)C(F)F. The molecule has 0 heterocycles. The van der Waals surface area contributed by atoms with Gasteiger partial charge in [0.1, 0.15) is 0 Å². The predicted molar refractivity (Wildman–Crippen MR) is 55.7 cm³/mol. The molecule has 0 spiro atoms. The standard InChI is InChI=1S/C9H19F2NOS/c1-6(2)7(8(10)11)12-14(13)9(3,4)5/h6-8,12H,1-5H3/t7-,14+/m1/s1. The molecular weight excluding hydrogens is 208 g/mol. The van der Waals surface area contributed by atoms with Crippen LogP contribution in [0.2, 0.25) is 0 Å². The predicted octanol–water partition coefficient (Wildman–Crippen LogP) is 2.33. The van der Waals surface area contributed by atoms with E-state index >= 15 is 0 Å². The van der Waals surface area contributed by atoms with E-state index < -0.39 is 28.2 Å². The van der Waals surface area contributed by atoms with Crippen molar-refractivity contribution in [2.75, 3.05) is 0 Å². The van der Waals surface area contributed by atoms with Gasteiger partial charge in [0, 0.05) is 0 Å². The molecule has 1 N–H and O–H groups in total. The second-order valence-corrected chi connectivity index (χ2v) is 6.60. The van der Waals surface area contributed by atoms with Crippen LogP contribution in [0, 0.1) is 5.92 Å². The molecule has 2 nitrogen and oxygen atoms in total. The molecule has 0 aliphatic heterocycles. The average molecular weight is 227 g/mol. The molecule has 0 aromatic rings. The smallest absolute Gasteiger partial charge is 0.242 e.